The Balaban J connectivity index is 0.00000128. The molecule has 0 bridgehead atoms. The van der Waals surface area contributed by atoms with E-state index in [1.165, 1.54) is 12.4 Å². The van der Waals surface area contributed by atoms with E-state index >= 15 is 0 Å². The lowest BCUT2D eigenvalue weighted by Crippen LogP contribution is -2.35. The van der Waals surface area contributed by atoms with Crippen molar-refractivity contribution in [3.8, 4) is 0 Å². The van der Waals surface area contributed by atoms with Crippen LogP contribution in [0.3, 0.4) is 0 Å². The topological polar surface area (TPSA) is 66.9 Å². The van der Waals surface area contributed by atoms with Gasteiger partial charge in [-0.1, -0.05) is 0 Å². The highest BCUT2D eigenvalue weighted by Gasteiger charge is 2.15. The zero-order valence-electron chi connectivity index (χ0n) is 8.85. The van der Waals surface area contributed by atoms with Gasteiger partial charge < -0.3 is 10.6 Å². The number of carbonyl (C=O) groups is 1. The number of halogens is 1. The standard InChI is InChI=1S/C10H14N4O.ClH/c15-10(9-6-12-3-4-13-9)7-14-8-1-2-11-5-8;/h3-4,6,8,11,14H,1-2,5,7H2;1H/t8-;/m1./s1. The van der Waals surface area contributed by atoms with Gasteiger partial charge in [-0.05, 0) is 13.0 Å². The summed E-state index contributed by atoms with van der Waals surface area (Å²) in [6.07, 6.45) is 5.67. The first-order valence-electron chi connectivity index (χ1n) is 5.09. The van der Waals surface area contributed by atoms with Gasteiger partial charge >= 0.3 is 0 Å². The molecule has 0 amide bonds. The van der Waals surface area contributed by atoms with Crippen molar-refractivity contribution in [3.63, 3.8) is 0 Å². The second-order valence-corrected chi connectivity index (χ2v) is 3.58. The largest absolute Gasteiger partial charge is 0.315 e. The molecule has 1 aliphatic rings. The molecule has 1 aliphatic heterocycles. The minimum atomic E-state index is -0.00463. The number of nitrogens with zero attached hydrogens (tertiary/aromatic N) is 2. The number of nitrogens with one attached hydrogen (secondary N) is 2. The van der Waals surface area contributed by atoms with Gasteiger partial charge in [0.25, 0.3) is 0 Å². The highest BCUT2D eigenvalue weighted by Crippen LogP contribution is 1.97. The fourth-order valence-electron chi connectivity index (χ4n) is 1.60. The van der Waals surface area contributed by atoms with Gasteiger partial charge in [0.2, 0.25) is 0 Å². The number of hydrogen-bond donors (Lipinski definition) is 2. The Morgan fingerprint density at radius 1 is 1.56 bits per heavy atom. The third-order valence-electron chi connectivity index (χ3n) is 2.46. The van der Waals surface area contributed by atoms with E-state index in [1.54, 1.807) is 6.20 Å². The summed E-state index contributed by atoms with van der Waals surface area (Å²) in [7, 11) is 0. The van der Waals surface area contributed by atoms with Crippen LogP contribution in [0.4, 0.5) is 0 Å². The molecule has 1 fully saturated rings. The molecule has 2 heterocycles. The van der Waals surface area contributed by atoms with Gasteiger partial charge in [0.05, 0.1) is 12.7 Å². The Morgan fingerprint density at radius 3 is 3.06 bits per heavy atom. The second-order valence-electron chi connectivity index (χ2n) is 3.58. The van der Waals surface area contributed by atoms with E-state index in [4.69, 9.17) is 0 Å². The van der Waals surface area contributed by atoms with E-state index in [0.29, 0.717) is 18.3 Å². The molecular weight excluding hydrogens is 228 g/mol. The normalized spacial score (nSPS) is 19.1. The molecule has 5 nitrogen and oxygen atoms in total. The number of Topliss-reactive ketones (excluding diaryl/α,β-unsaturated/α-hetero) is 1. The van der Waals surface area contributed by atoms with Crippen molar-refractivity contribution in [1.29, 1.82) is 0 Å². The highest BCUT2D eigenvalue weighted by molar-refractivity contribution is 5.95. The van der Waals surface area contributed by atoms with E-state index in [2.05, 4.69) is 20.6 Å². The maximum Gasteiger partial charge on any atom is 0.196 e. The molecule has 0 saturated carbocycles. The number of rotatable bonds is 4. The zero-order valence-corrected chi connectivity index (χ0v) is 9.67. The minimum Gasteiger partial charge on any atom is -0.315 e. The molecule has 16 heavy (non-hydrogen) atoms. The van der Waals surface area contributed by atoms with Gasteiger partial charge in [-0.2, -0.15) is 0 Å². The minimum absolute atomic E-state index is 0. The predicted molar refractivity (Wildman–Crippen MR) is 62.9 cm³/mol. The molecule has 1 aromatic heterocycles. The lowest BCUT2D eigenvalue weighted by molar-refractivity contribution is 0.0983. The SMILES string of the molecule is Cl.O=C(CN[C@@H]1CCNC1)c1cnccn1. The molecule has 0 spiro atoms. The van der Waals surface area contributed by atoms with Gasteiger partial charge in [-0.25, -0.2) is 4.98 Å². The van der Waals surface area contributed by atoms with Crippen molar-refractivity contribution >= 4 is 18.2 Å². The second kappa shape index (κ2) is 6.52. The summed E-state index contributed by atoms with van der Waals surface area (Å²) in [6, 6.07) is 0.408. The average Bonchev–Trinajstić information content (AvgIpc) is 2.80. The lowest BCUT2D eigenvalue weighted by Gasteiger charge is -2.09. The molecule has 0 aromatic carbocycles. The summed E-state index contributed by atoms with van der Waals surface area (Å²) in [6.45, 7) is 2.30. The van der Waals surface area contributed by atoms with Crippen molar-refractivity contribution in [2.24, 2.45) is 0 Å². The van der Waals surface area contributed by atoms with Crippen LogP contribution in [0.2, 0.25) is 0 Å². The fourth-order valence-corrected chi connectivity index (χ4v) is 1.60. The van der Waals surface area contributed by atoms with Crippen LogP contribution in [0.25, 0.3) is 0 Å². The molecule has 2 rings (SSSR count). The van der Waals surface area contributed by atoms with Crippen molar-refractivity contribution in [3.05, 3.63) is 24.3 Å². The predicted octanol–water partition coefficient (Wildman–Crippen LogP) is 0.0326. The summed E-state index contributed by atoms with van der Waals surface area (Å²) in [5.74, 6) is -0.00463. The molecule has 2 N–H and O–H groups in total. The van der Waals surface area contributed by atoms with Crippen LogP contribution in [0.5, 0.6) is 0 Å². The summed E-state index contributed by atoms with van der Waals surface area (Å²) in [5, 5.41) is 6.43. The molecule has 0 aliphatic carbocycles. The average molecular weight is 243 g/mol. The summed E-state index contributed by atoms with van der Waals surface area (Å²) >= 11 is 0. The molecule has 0 radical (unpaired) electrons. The number of carbonyl (C=O) groups excluding carboxylic acids is 1. The van der Waals surface area contributed by atoms with Gasteiger partial charge in [0, 0.05) is 25.0 Å². The van der Waals surface area contributed by atoms with Crippen LogP contribution in [0, 0.1) is 0 Å². The van der Waals surface area contributed by atoms with E-state index in [9.17, 15) is 4.79 Å². The Labute approximate surface area is 100 Å². The van der Waals surface area contributed by atoms with Crippen molar-refractivity contribution in [1.82, 2.24) is 20.6 Å². The number of aromatic nitrogens is 2. The number of ketones is 1. The van der Waals surface area contributed by atoms with E-state index < -0.39 is 0 Å². The van der Waals surface area contributed by atoms with Crippen molar-refractivity contribution in [2.75, 3.05) is 19.6 Å². The van der Waals surface area contributed by atoms with E-state index in [1.807, 2.05) is 0 Å². The number of hydrogen-bond acceptors (Lipinski definition) is 5. The molecular formula is C10H15ClN4O. The first-order valence-corrected chi connectivity index (χ1v) is 5.09. The maximum atomic E-state index is 11.6. The molecule has 0 unspecified atom stereocenters. The molecule has 88 valence electrons. The monoisotopic (exact) mass is 242 g/mol. The summed E-state index contributed by atoms with van der Waals surface area (Å²) < 4.78 is 0. The highest BCUT2D eigenvalue weighted by atomic mass is 35.5. The van der Waals surface area contributed by atoms with Gasteiger partial charge in [0.15, 0.2) is 5.78 Å². The molecule has 6 heteroatoms. The van der Waals surface area contributed by atoms with Crippen LogP contribution < -0.4 is 10.6 Å². The van der Waals surface area contributed by atoms with Crippen molar-refractivity contribution < 1.29 is 4.79 Å². The third-order valence-corrected chi connectivity index (χ3v) is 2.46. The Kier molecular flexibility index (Phi) is 5.31. The fraction of sp³-hybridized carbons (Fsp3) is 0.500. The van der Waals surface area contributed by atoms with Crippen LogP contribution >= 0.6 is 12.4 Å². The third kappa shape index (κ3) is 3.52. The quantitative estimate of drug-likeness (QED) is 0.730. The van der Waals surface area contributed by atoms with Crippen LogP contribution in [0.1, 0.15) is 16.9 Å². The molecule has 1 atom stereocenters. The summed E-state index contributed by atoms with van der Waals surface area (Å²) in [5.41, 5.74) is 0.427. The Morgan fingerprint density at radius 2 is 2.44 bits per heavy atom. The zero-order chi connectivity index (χ0) is 10.5. The van der Waals surface area contributed by atoms with Crippen LogP contribution in [-0.2, 0) is 0 Å². The van der Waals surface area contributed by atoms with Crippen LogP contribution in [-0.4, -0.2) is 41.4 Å². The Hall–Kier alpha value is -1.04. The van der Waals surface area contributed by atoms with E-state index in [0.717, 1.165) is 19.5 Å². The summed E-state index contributed by atoms with van der Waals surface area (Å²) in [4.78, 5) is 19.4. The van der Waals surface area contributed by atoms with E-state index in [-0.39, 0.29) is 18.2 Å². The molecule has 1 aromatic rings. The van der Waals surface area contributed by atoms with Crippen LogP contribution in [0.15, 0.2) is 18.6 Å². The maximum absolute atomic E-state index is 11.6. The lowest BCUT2D eigenvalue weighted by atomic mass is 10.2. The smallest absolute Gasteiger partial charge is 0.196 e. The Bertz CT molecular complexity index is 327. The first kappa shape index (κ1) is 13.0. The van der Waals surface area contributed by atoms with Crippen molar-refractivity contribution in [2.45, 2.75) is 12.5 Å². The first-order chi connectivity index (χ1) is 7.36. The van der Waals surface area contributed by atoms with Gasteiger partial charge in [-0.15, -0.1) is 12.4 Å². The molecule has 1 saturated heterocycles. The van der Waals surface area contributed by atoms with Gasteiger partial charge in [-0.3, -0.25) is 9.78 Å². The van der Waals surface area contributed by atoms with Gasteiger partial charge in [0.1, 0.15) is 5.69 Å².